The van der Waals surface area contributed by atoms with Gasteiger partial charge in [0, 0.05) is 16.8 Å². The van der Waals surface area contributed by atoms with Crippen LogP contribution < -0.4 is 4.90 Å². The molecule has 61 heavy (non-hydrogen) atoms. The highest BCUT2D eigenvalue weighted by Gasteiger charge is 2.24. The highest BCUT2D eigenvalue weighted by molar-refractivity contribution is 6.22. The third kappa shape index (κ3) is 5.86. The molecule has 0 aliphatic carbocycles. The first-order chi connectivity index (χ1) is 30.3. The molecule has 0 unspecified atom stereocenters. The number of rotatable bonds is 6. The lowest BCUT2D eigenvalue weighted by atomic mass is 9.90. The smallest absolute Gasteiger partial charge is 0.0546 e. The van der Waals surface area contributed by atoms with E-state index in [4.69, 9.17) is 0 Å². The summed E-state index contributed by atoms with van der Waals surface area (Å²) in [5.74, 6) is 0. The van der Waals surface area contributed by atoms with Gasteiger partial charge in [-0.25, -0.2) is 0 Å². The molecule has 12 aromatic rings. The van der Waals surface area contributed by atoms with E-state index in [0.29, 0.717) is 0 Å². The fourth-order valence-corrected chi connectivity index (χ4v) is 9.76. The molecule has 0 atom stereocenters. The highest BCUT2D eigenvalue weighted by atomic mass is 15.1. The third-order valence-electron chi connectivity index (χ3n) is 12.6. The van der Waals surface area contributed by atoms with E-state index < -0.39 is 0 Å². The topological polar surface area (TPSA) is 3.24 Å². The van der Waals surface area contributed by atoms with E-state index in [1.165, 1.54) is 86.9 Å². The minimum absolute atomic E-state index is 1.10. The molecule has 0 saturated heterocycles. The van der Waals surface area contributed by atoms with E-state index in [0.717, 1.165) is 28.2 Å². The van der Waals surface area contributed by atoms with Gasteiger partial charge in [-0.2, -0.15) is 0 Å². The van der Waals surface area contributed by atoms with Gasteiger partial charge in [-0.05, 0) is 111 Å². The van der Waals surface area contributed by atoms with Crippen molar-refractivity contribution in [1.82, 2.24) is 0 Å². The van der Waals surface area contributed by atoms with E-state index in [1.54, 1.807) is 0 Å². The first kappa shape index (κ1) is 35.0. The van der Waals surface area contributed by atoms with E-state index in [9.17, 15) is 0 Å². The average molecular weight is 774 g/mol. The molecule has 284 valence electrons. The molecule has 0 aromatic heterocycles. The van der Waals surface area contributed by atoms with Crippen molar-refractivity contribution in [2.75, 3.05) is 4.90 Å². The van der Waals surface area contributed by atoms with Crippen LogP contribution in [0.1, 0.15) is 0 Å². The second-order valence-electron chi connectivity index (χ2n) is 16.0. The Balaban J connectivity index is 1.18. The predicted molar refractivity (Wildman–Crippen MR) is 262 cm³/mol. The average Bonchev–Trinajstić information content (AvgIpc) is 3.34. The Morgan fingerprint density at radius 2 is 0.754 bits per heavy atom. The second kappa shape index (κ2) is 14.4. The molecular weight excluding hydrogens is 735 g/mol. The Morgan fingerprint density at radius 3 is 1.59 bits per heavy atom. The van der Waals surface area contributed by atoms with E-state index >= 15 is 0 Å². The van der Waals surface area contributed by atoms with Crippen LogP contribution in [0.3, 0.4) is 0 Å². The quantitative estimate of drug-likeness (QED) is 0.152. The molecule has 12 aromatic carbocycles. The van der Waals surface area contributed by atoms with Crippen molar-refractivity contribution in [3.63, 3.8) is 0 Å². The molecule has 0 fully saturated rings. The third-order valence-corrected chi connectivity index (χ3v) is 12.6. The summed E-state index contributed by atoms with van der Waals surface area (Å²) in [7, 11) is 0. The zero-order valence-corrected chi connectivity index (χ0v) is 33.5. The van der Waals surface area contributed by atoms with Crippen molar-refractivity contribution >= 4 is 81.7 Å². The van der Waals surface area contributed by atoms with E-state index in [2.05, 4.69) is 241 Å². The van der Waals surface area contributed by atoms with Crippen LogP contribution in [0.2, 0.25) is 0 Å². The number of para-hydroxylation sites is 1. The van der Waals surface area contributed by atoms with Gasteiger partial charge in [-0.3, -0.25) is 0 Å². The van der Waals surface area contributed by atoms with Gasteiger partial charge in [0.25, 0.3) is 0 Å². The lowest BCUT2D eigenvalue weighted by molar-refractivity contribution is 1.29. The van der Waals surface area contributed by atoms with Crippen molar-refractivity contribution in [2.45, 2.75) is 0 Å². The molecule has 0 aliphatic rings. The summed E-state index contributed by atoms with van der Waals surface area (Å²) in [6.07, 6.45) is 0. The van der Waals surface area contributed by atoms with Crippen LogP contribution in [0.15, 0.2) is 237 Å². The van der Waals surface area contributed by atoms with Crippen LogP contribution in [0.25, 0.3) is 98.0 Å². The maximum absolute atomic E-state index is 2.52. The number of benzene rings is 12. The summed E-state index contributed by atoms with van der Waals surface area (Å²) >= 11 is 0. The predicted octanol–water partition coefficient (Wildman–Crippen LogP) is 17.1. The van der Waals surface area contributed by atoms with Gasteiger partial charge in [-0.1, -0.05) is 212 Å². The second-order valence-corrected chi connectivity index (χ2v) is 16.0. The lowest BCUT2D eigenvalue weighted by Crippen LogP contribution is -2.13. The monoisotopic (exact) mass is 773 g/mol. The molecule has 0 saturated carbocycles. The minimum Gasteiger partial charge on any atom is -0.309 e. The fraction of sp³-hybridized carbons (Fsp3) is 0. The summed E-state index contributed by atoms with van der Waals surface area (Å²) in [6, 6.07) is 87.1. The summed E-state index contributed by atoms with van der Waals surface area (Å²) in [5, 5.41) is 15.0. The highest BCUT2D eigenvalue weighted by Crippen LogP contribution is 2.49. The van der Waals surface area contributed by atoms with Crippen LogP contribution in [0, 0.1) is 0 Å². The Kier molecular flexibility index (Phi) is 8.25. The standard InChI is InChI=1S/C60H39N/c1-2-14-40(15-3-1)45-33-36-56(53-25-13-26-57-54(53)35-32-44-30-28-43-18-6-9-22-51(43)60(44)57)59(39-45)61(47-34-37-50-46(38-47)31-29-42-17-5-7-20-48(42)50)58-27-11-10-23-55(58)52-24-12-19-41-16-4-8-21-49(41)52/h1-39H. The van der Waals surface area contributed by atoms with Crippen molar-refractivity contribution in [2.24, 2.45) is 0 Å². The van der Waals surface area contributed by atoms with E-state index in [-0.39, 0.29) is 0 Å². The largest absolute Gasteiger partial charge is 0.309 e. The molecule has 0 heterocycles. The maximum Gasteiger partial charge on any atom is 0.0546 e. The number of anilines is 3. The molecule has 12 rings (SSSR count). The maximum atomic E-state index is 2.52. The molecule has 0 spiro atoms. The summed E-state index contributed by atoms with van der Waals surface area (Å²) in [4.78, 5) is 2.52. The molecule has 0 N–H and O–H groups in total. The van der Waals surface area contributed by atoms with Crippen molar-refractivity contribution in [1.29, 1.82) is 0 Å². The van der Waals surface area contributed by atoms with Gasteiger partial charge in [0.15, 0.2) is 0 Å². The van der Waals surface area contributed by atoms with Crippen LogP contribution in [0.5, 0.6) is 0 Å². The molecule has 0 aliphatic heterocycles. The first-order valence-electron chi connectivity index (χ1n) is 21.1. The molecule has 1 nitrogen and oxygen atoms in total. The number of nitrogens with zero attached hydrogens (tertiary/aromatic N) is 1. The van der Waals surface area contributed by atoms with Crippen LogP contribution in [-0.2, 0) is 0 Å². The molecule has 0 amide bonds. The summed E-state index contributed by atoms with van der Waals surface area (Å²) in [6.45, 7) is 0. The summed E-state index contributed by atoms with van der Waals surface area (Å²) in [5.41, 5.74) is 10.4. The minimum atomic E-state index is 1.10. The number of fused-ring (bicyclic) bond motifs is 9. The summed E-state index contributed by atoms with van der Waals surface area (Å²) < 4.78 is 0. The molecule has 0 radical (unpaired) electrons. The number of hydrogen-bond donors (Lipinski definition) is 0. The normalized spacial score (nSPS) is 11.6. The van der Waals surface area contributed by atoms with Crippen LogP contribution >= 0.6 is 0 Å². The van der Waals surface area contributed by atoms with E-state index in [1.807, 2.05) is 0 Å². The lowest BCUT2D eigenvalue weighted by Gasteiger charge is -2.31. The molecule has 0 bridgehead atoms. The Morgan fingerprint density at radius 1 is 0.230 bits per heavy atom. The van der Waals surface area contributed by atoms with Gasteiger partial charge < -0.3 is 4.90 Å². The van der Waals surface area contributed by atoms with Crippen molar-refractivity contribution < 1.29 is 0 Å². The van der Waals surface area contributed by atoms with Crippen molar-refractivity contribution in [3.05, 3.63) is 237 Å². The van der Waals surface area contributed by atoms with Gasteiger partial charge in [0.1, 0.15) is 0 Å². The first-order valence-corrected chi connectivity index (χ1v) is 21.1. The Bertz CT molecular complexity index is 3650. The van der Waals surface area contributed by atoms with Gasteiger partial charge in [-0.15, -0.1) is 0 Å². The number of hydrogen-bond acceptors (Lipinski definition) is 1. The Labute approximate surface area is 355 Å². The van der Waals surface area contributed by atoms with Crippen molar-refractivity contribution in [3.8, 4) is 33.4 Å². The molecular formula is C60H39N. The van der Waals surface area contributed by atoms with Gasteiger partial charge in [0.05, 0.1) is 11.4 Å². The van der Waals surface area contributed by atoms with Crippen LogP contribution in [0.4, 0.5) is 17.1 Å². The zero-order chi connectivity index (χ0) is 40.3. The van der Waals surface area contributed by atoms with Crippen LogP contribution in [-0.4, -0.2) is 0 Å². The van der Waals surface area contributed by atoms with Gasteiger partial charge >= 0.3 is 0 Å². The fourth-order valence-electron chi connectivity index (χ4n) is 9.76. The van der Waals surface area contributed by atoms with Gasteiger partial charge in [0.2, 0.25) is 0 Å². The Hall–Kier alpha value is -8.00. The zero-order valence-electron chi connectivity index (χ0n) is 33.5. The SMILES string of the molecule is c1ccc(-c2ccc(-c3cccc4c3ccc3ccc5ccccc5c34)c(N(c3ccc4c(ccc5ccccc54)c3)c3ccccc3-c3cccc4ccccc34)c2)cc1. The molecule has 1 heteroatoms.